The molecular formula is C47H45Cl2FN8O7. The summed E-state index contributed by atoms with van der Waals surface area (Å²) in [6, 6.07) is 15.9. The van der Waals surface area contributed by atoms with Gasteiger partial charge in [0, 0.05) is 64.9 Å². The highest BCUT2D eigenvalue weighted by molar-refractivity contribution is 6.31. The number of unbranched alkanes of at least 4 members (excludes halogenated alkanes) is 1. The molecule has 1 aromatic heterocycles. The van der Waals surface area contributed by atoms with Crippen LogP contribution in [-0.2, 0) is 35.9 Å². The SMILES string of the molecule is O=C1CCC(N2Cc3c(NC(=O)CCCCNC(=O)c4ccc(NC(=O)[C@@H]5NC6(CCCCC6)[C@@]6(C(=O)Nc7cc(Cl)ccc76)[C@H]5c5cccc(Cl)c5F)cn4)cccc3C2=O)C(=O)N1. The summed E-state index contributed by atoms with van der Waals surface area (Å²) in [5, 5.41) is 17.7. The number of imide groups is 1. The van der Waals surface area contributed by atoms with Gasteiger partial charge in [-0.2, -0.15) is 0 Å². The van der Waals surface area contributed by atoms with Crippen LogP contribution in [0.15, 0.2) is 72.9 Å². The second kappa shape index (κ2) is 17.6. The smallest absolute Gasteiger partial charge is 0.269 e. The summed E-state index contributed by atoms with van der Waals surface area (Å²) < 4.78 is 16.2. The topological polar surface area (TPSA) is 208 Å². The molecule has 5 aliphatic rings. The van der Waals surface area contributed by atoms with Gasteiger partial charge < -0.3 is 26.2 Å². The Morgan fingerprint density at radius 3 is 2.48 bits per heavy atom. The molecule has 2 spiro atoms. The Morgan fingerprint density at radius 1 is 0.908 bits per heavy atom. The number of carbonyl (C=O) groups excluding carboxylic acids is 7. The molecule has 9 rings (SSSR count). The Labute approximate surface area is 383 Å². The Morgan fingerprint density at radius 2 is 1.71 bits per heavy atom. The number of benzene rings is 3. The number of amides is 7. The number of nitrogens with one attached hydrogen (secondary N) is 6. The van der Waals surface area contributed by atoms with E-state index in [9.17, 15) is 33.6 Å². The zero-order valence-electron chi connectivity index (χ0n) is 35.0. The van der Waals surface area contributed by atoms with Crippen LogP contribution in [0.25, 0.3) is 0 Å². The quantitative estimate of drug-likeness (QED) is 0.0757. The Bertz CT molecular complexity index is 2660. The van der Waals surface area contributed by atoms with Crippen molar-refractivity contribution in [3.63, 3.8) is 0 Å². The second-order valence-corrected chi connectivity index (χ2v) is 18.1. The van der Waals surface area contributed by atoms with E-state index in [0.717, 1.165) is 19.3 Å². The maximum atomic E-state index is 16.2. The molecular weight excluding hydrogens is 878 g/mol. The van der Waals surface area contributed by atoms with Crippen molar-refractivity contribution in [2.75, 3.05) is 22.5 Å². The van der Waals surface area contributed by atoms with Crippen molar-refractivity contribution in [2.45, 2.75) is 99.7 Å². The average Bonchev–Trinajstić information content (AvgIpc) is 3.88. The van der Waals surface area contributed by atoms with Crippen LogP contribution in [0.2, 0.25) is 10.0 Å². The normalized spacial score (nSPS) is 22.9. The Balaban J connectivity index is 0.822. The molecule has 1 saturated carbocycles. The number of rotatable bonds is 11. The summed E-state index contributed by atoms with van der Waals surface area (Å²) in [6.07, 6.45) is 6.45. The molecule has 15 nitrogen and oxygen atoms in total. The van der Waals surface area contributed by atoms with Crippen LogP contribution in [-0.4, -0.2) is 75.4 Å². The first-order valence-corrected chi connectivity index (χ1v) is 22.5. The van der Waals surface area contributed by atoms with E-state index in [1.54, 1.807) is 48.5 Å². The maximum Gasteiger partial charge on any atom is 0.269 e. The van der Waals surface area contributed by atoms with Crippen LogP contribution in [0.1, 0.15) is 108 Å². The molecule has 7 amide bonds. The third-order valence-corrected chi connectivity index (χ3v) is 14.1. The number of anilines is 3. The van der Waals surface area contributed by atoms with E-state index >= 15 is 4.39 Å². The minimum absolute atomic E-state index is 0.0930. The van der Waals surface area contributed by atoms with Gasteiger partial charge in [0.25, 0.3) is 11.8 Å². The van der Waals surface area contributed by atoms with Gasteiger partial charge in [-0.1, -0.05) is 66.7 Å². The summed E-state index contributed by atoms with van der Waals surface area (Å²) in [5.74, 6) is -4.56. The lowest BCUT2D eigenvalue weighted by molar-refractivity contribution is -0.137. The van der Waals surface area contributed by atoms with E-state index in [-0.39, 0.29) is 77.9 Å². The van der Waals surface area contributed by atoms with Gasteiger partial charge in [-0.05, 0) is 85.7 Å². The zero-order chi connectivity index (χ0) is 45.6. The Hall–Kier alpha value is -6.23. The molecule has 336 valence electrons. The van der Waals surface area contributed by atoms with Crippen LogP contribution in [0.4, 0.5) is 21.5 Å². The van der Waals surface area contributed by atoms with Gasteiger partial charge in [-0.3, -0.25) is 44.2 Å². The third-order valence-electron chi connectivity index (χ3n) is 13.5. The molecule has 4 atom stereocenters. The lowest BCUT2D eigenvalue weighted by atomic mass is 9.55. The molecule has 0 bridgehead atoms. The van der Waals surface area contributed by atoms with Crippen molar-refractivity contribution in [1.29, 1.82) is 0 Å². The first-order chi connectivity index (χ1) is 31.3. The van der Waals surface area contributed by atoms with Gasteiger partial charge in [0.05, 0.1) is 22.9 Å². The minimum Gasteiger partial charge on any atom is -0.351 e. The van der Waals surface area contributed by atoms with Crippen molar-refractivity contribution in [3.8, 4) is 0 Å². The molecule has 65 heavy (non-hydrogen) atoms. The lowest BCUT2D eigenvalue weighted by Crippen LogP contribution is -2.60. The van der Waals surface area contributed by atoms with Gasteiger partial charge in [-0.25, -0.2) is 9.37 Å². The van der Waals surface area contributed by atoms with Crippen LogP contribution in [0, 0.1) is 5.82 Å². The van der Waals surface area contributed by atoms with Crippen LogP contribution < -0.4 is 31.9 Å². The van der Waals surface area contributed by atoms with Gasteiger partial charge in [0.15, 0.2) is 0 Å². The lowest BCUT2D eigenvalue weighted by Gasteiger charge is -2.47. The predicted molar refractivity (Wildman–Crippen MR) is 239 cm³/mol. The highest BCUT2D eigenvalue weighted by atomic mass is 35.5. The third kappa shape index (κ3) is 7.80. The van der Waals surface area contributed by atoms with E-state index in [1.807, 2.05) is 0 Å². The fourth-order valence-electron chi connectivity index (χ4n) is 10.7. The van der Waals surface area contributed by atoms with Crippen LogP contribution in [0.3, 0.4) is 0 Å². The summed E-state index contributed by atoms with van der Waals surface area (Å²) in [5.41, 5.74) is 0.819. The summed E-state index contributed by atoms with van der Waals surface area (Å²) in [4.78, 5) is 98.0. The molecule has 4 aliphatic heterocycles. The van der Waals surface area contributed by atoms with Gasteiger partial charge >= 0.3 is 0 Å². The van der Waals surface area contributed by atoms with Gasteiger partial charge in [0.1, 0.15) is 23.0 Å². The van der Waals surface area contributed by atoms with Crippen LogP contribution in [0.5, 0.6) is 0 Å². The molecule has 1 aliphatic carbocycles. The van der Waals surface area contributed by atoms with Gasteiger partial charge in [0.2, 0.25) is 29.5 Å². The molecule has 0 radical (unpaired) electrons. The van der Waals surface area contributed by atoms with E-state index < -0.39 is 52.5 Å². The number of fused-ring (bicyclic) bond motifs is 4. The number of hydrogen-bond acceptors (Lipinski definition) is 9. The number of carbonyl (C=O) groups is 7. The average molecular weight is 924 g/mol. The summed E-state index contributed by atoms with van der Waals surface area (Å²) >= 11 is 12.7. The Kier molecular flexibility index (Phi) is 11.9. The summed E-state index contributed by atoms with van der Waals surface area (Å²) in [7, 11) is 0. The molecule has 18 heteroatoms. The van der Waals surface area contributed by atoms with E-state index in [0.29, 0.717) is 58.8 Å². The van der Waals surface area contributed by atoms with Crippen molar-refractivity contribution in [2.24, 2.45) is 0 Å². The second-order valence-electron chi connectivity index (χ2n) is 17.3. The number of hydrogen-bond donors (Lipinski definition) is 6. The highest BCUT2D eigenvalue weighted by Crippen LogP contribution is 2.63. The predicted octanol–water partition coefficient (Wildman–Crippen LogP) is 6.11. The monoisotopic (exact) mass is 922 g/mol. The molecule has 5 heterocycles. The molecule has 3 aromatic carbocycles. The number of halogens is 3. The minimum atomic E-state index is -1.39. The maximum absolute atomic E-state index is 16.2. The standard InChI is InChI=1S/C47H45Cl2FN8O7/c48-25-13-15-30-34(22-25)55-45(65)47(30)38(28-9-6-10-31(49)39(28)50)40(57-46(47)19-3-1-4-20-46)43(63)53-26-14-16-33(52-23-26)41(61)51-21-5-2-12-36(59)54-32-11-7-8-27-29(32)24-58(44(27)64)35-17-18-37(60)56-42(35)62/h6-11,13-16,22-23,35,38,40,57H,1-5,12,17-21,24H2,(H,51,61)(H,53,63)(H,54,59)(H,55,65)(H,56,60,62)/t35?,38-,40+,47+/m0/s1. The fraction of sp³-hybridized carbons (Fsp3) is 0.362. The molecule has 1 unspecified atom stereocenters. The van der Waals surface area contributed by atoms with Crippen molar-refractivity contribution in [3.05, 3.63) is 117 Å². The highest BCUT2D eigenvalue weighted by Gasteiger charge is 2.72. The number of nitrogens with zero attached hydrogens (tertiary/aromatic N) is 2. The number of piperidine rings is 1. The zero-order valence-corrected chi connectivity index (χ0v) is 36.5. The largest absolute Gasteiger partial charge is 0.351 e. The first kappa shape index (κ1) is 44.0. The summed E-state index contributed by atoms with van der Waals surface area (Å²) in [6.45, 7) is 0.379. The van der Waals surface area contributed by atoms with Crippen molar-refractivity contribution >= 4 is 81.6 Å². The number of pyridine rings is 1. The van der Waals surface area contributed by atoms with Crippen molar-refractivity contribution < 1.29 is 38.0 Å². The van der Waals surface area contributed by atoms with Crippen LogP contribution >= 0.6 is 23.2 Å². The van der Waals surface area contributed by atoms with E-state index in [1.165, 1.54) is 29.3 Å². The van der Waals surface area contributed by atoms with E-state index in [4.69, 9.17) is 23.2 Å². The number of aromatic nitrogens is 1. The molecule has 2 saturated heterocycles. The van der Waals surface area contributed by atoms with E-state index in [2.05, 4.69) is 36.9 Å². The molecule has 4 aromatic rings. The first-order valence-electron chi connectivity index (χ1n) is 21.8. The molecule has 3 fully saturated rings. The molecule has 6 N–H and O–H groups in total. The van der Waals surface area contributed by atoms with Crippen molar-refractivity contribution in [1.82, 2.24) is 25.8 Å². The van der Waals surface area contributed by atoms with Gasteiger partial charge in [-0.15, -0.1) is 0 Å². The fourth-order valence-corrected chi connectivity index (χ4v) is 11.0.